The molecule has 2 aliphatic rings. The maximum absolute atomic E-state index is 12.4. The summed E-state index contributed by atoms with van der Waals surface area (Å²) >= 11 is 0. The smallest absolute Gasteiger partial charge is 0.260 e. The number of likely N-dealkylation sites (tertiary alicyclic amines) is 1. The molecule has 0 aromatic heterocycles. The second-order valence-electron chi connectivity index (χ2n) is 8.05. The lowest BCUT2D eigenvalue weighted by Gasteiger charge is -2.30. The first-order chi connectivity index (χ1) is 12.6. The van der Waals surface area contributed by atoms with E-state index in [2.05, 4.69) is 23.2 Å². The van der Waals surface area contributed by atoms with Gasteiger partial charge >= 0.3 is 0 Å². The molecule has 1 aromatic carbocycles. The Labute approximate surface area is 158 Å². The lowest BCUT2D eigenvalue weighted by atomic mass is 9.91. The Morgan fingerprint density at radius 3 is 3.00 bits per heavy atom. The molecular weight excluding hydrogens is 324 g/mol. The van der Waals surface area contributed by atoms with Crippen LogP contribution in [-0.2, 0) is 17.6 Å². The Morgan fingerprint density at radius 1 is 1.31 bits per heavy atom. The summed E-state index contributed by atoms with van der Waals surface area (Å²) in [5, 5.41) is 3.04. The van der Waals surface area contributed by atoms with Gasteiger partial charge in [-0.15, -0.1) is 0 Å². The van der Waals surface area contributed by atoms with Crippen molar-refractivity contribution in [3.63, 3.8) is 0 Å². The van der Waals surface area contributed by atoms with Crippen LogP contribution in [0.2, 0.25) is 0 Å². The summed E-state index contributed by atoms with van der Waals surface area (Å²) in [5.74, 6) is 1.70. The van der Waals surface area contributed by atoms with Crippen LogP contribution in [0.3, 0.4) is 0 Å². The van der Waals surface area contributed by atoms with Crippen LogP contribution in [0.15, 0.2) is 18.2 Å². The number of hydrogen-bond donors (Lipinski definition) is 1. The summed E-state index contributed by atoms with van der Waals surface area (Å²) in [6.45, 7) is 8.39. The van der Waals surface area contributed by atoms with Crippen LogP contribution >= 0.6 is 0 Å². The van der Waals surface area contributed by atoms with E-state index in [-0.39, 0.29) is 5.91 Å². The van der Waals surface area contributed by atoms with Gasteiger partial charge in [0.05, 0.1) is 0 Å². The van der Waals surface area contributed by atoms with Crippen molar-refractivity contribution in [1.29, 1.82) is 0 Å². The van der Waals surface area contributed by atoms with Crippen molar-refractivity contribution < 1.29 is 9.53 Å². The molecule has 3 rings (SSSR count). The second-order valence-corrected chi connectivity index (χ2v) is 8.05. The number of carbonyl (C=O) groups is 1. The van der Waals surface area contributed by atoms with Crippen LogP contribution in [-0.4, -0.2) is 43.1 Å². The molecule has 0 saturated carbocycles. The average molecular weight is 359 g/mol. The number of amides is 1. The molecule has 1 aromatic rings. The summed E-state index contributed by atoms with van der Waals surface area (Å²) < 4.78 is 6.01. The second kappa shape index (κ2) is 9.40. The van der Waals surface area contributed by atoms with E-state index in [1.54, 1.807) is 0 Å². The zero-order valence-corrected chi connectivity index (χ0v) is 16.4. The van der Waals surface area contributed by atoms with E-state index in [9.17, 15) is 4.79 Å². The van der Waals surface area contributed by atoms with E-state index in [4.69, 9.17) is 4.74 Å². The Kier molecular flexibility index (Phi) is 6.95. The average Bonchev–Trinajstić information content (AvgIpc) is 2.65. The third-order valence-electron chi connectivity index (χ3n) is 5.72. The fraction of sp³-hybridized carbons (Fsp3) is 0.682. The van der Waals surface area contributed by atoms with Gasteiger partial charge < -0.3 is 15.0 Å². The number of nitrogens with one attached hydrogen (secondary N) is 1. The maximum atomic E-state index is 12.4. The molecule has 2 atom stereocenters. The van der Waals surface area contributed by atoms with Crippen molar-refractivity contribution in [3.8, 4) is 5.75 Å². The zero-order valence-electron chi connectivity index (χ0n) is 16.4. The number of hydrogen-bond acceptors (Lipinski definition) is 3. The van der Waals surface area contributed by atoms with Crippen LogP contribution in [0.1, 0.15) is 57.1 Å². The third-order valence-corrected chi connectivity index (χ3v) is 5.72. The fourth-order valence-electron chi connectivity index (χ4n) is 4.25. The first-order valence-corrected chi connectivity index (χ1v) is 10.4. The van der Waals surface area contributed by atoms with Crippen molar-refractivity contribution in [2.24, 2.45) is 5.92 Å². The lowest BCUT2D eigenvalue weighted by Crippen LogP contribution is -2.39. The van der Waals surface area contributed by atoms with Crippen LogP contribution < -0.4 is 10.1 Å². The molecule has 4 nitrogen and oxygen atoms in total. The van der Waals surface area contributed by atoms with Gasteiger partial charge in [-0.25, -0.2) is 0 Å². The molecule has 144 valence electrons. The van der Waals surface area contributed by atoms with Crippen LogP contribution in [0.5, 0.6) is 5.75 Å². The van der Waals surface area contributed by atoms with E-state index < -0.39 is 6.10 Å². The lowest BCUT2D eigenvalue weighted by molar-refractivity contribution is -0.127. The van der Waals surface area contributed by atoms with Crippen LogP contribution in [0.25, 0.3) is 0 Å². The van der Waals surface area contributed by atoms with E-state index in [0.717, 1.165) is 44.0 Å². The minimum absolute atomic E-state index is 0.00887. The van der Waals surface area contributed by atoms with E-state index in [1.165, 1.54) is 49.9 Å². The Balaban J connectivity index is 1.41. The number of nitrogens with zero attached hydrogens (tertiary/aromatic N) is 1. The number of aryl methyl sites for hydroxylation is 1. The first kappa shape index (κ1) is 19.2. The summed E-state index contributed by atoms with van der Waals surface area (Å²) in [6, 6.07) is 6.24. The molecular formula is C22H34N2O2. The van der Waals surface area contributed by atoms with Crippen molar-refractivity contribution >= 4 is 5.91 Å². The van der Waals surface area contributed by atoms with Gasteiger partial charge in [0, 0.05) is 13.1 Å². The summed E-state index contributed by atoms with van der Waals surface area (Å²) in [7, 11) is 0. The number of carbonyl (C=O) groups excluding carboxylic acids is 1. The van der Waals surface area contributed by atoms with Gasteiger partial charge in [0.15, 0.2) is 6.10 Å². The fourth-order valence-corrected chi connectivity index (χ4v) is 4.25. The van der Waals surface area contributed by atoms with E-state index in [0.29, 0.717) is 0 Å². The molecule has 0 unspecified atom stereocenters. The molecule has 1 fully saturated rings. The normalized spacial score (nSPS) is 21.7. The SMILES string of the molecule is C[C@@H]1CCCN(CCCNC(=O)[C@H](C)Oc2cccc3c2CCCC3)C1. The molecule has 1 aliphatic heterocycles. The minimum atomic E-state index is -0.446. The zero-order chi connectivity index (χ0) is 18.4. The standard InChI is InChI=1S/C22H34N2O2/c1-17-8-6-14-24(16-17)15-7-13-23-22(25)18(2)26-21-12-5-10-19-9-3-4-11-20(19)21/h5,10,12,17-18H,3-4,6-9,11,13-16H2,1-2H3,(H,23,25)/t17-,18+/m1/s1. The van der Waals surface area contributed by atoms with E-state index >= 15 is 0 Å². The molecule has 1 aliphatic carbocycles. The van der Waals surface area contributed by atoms with Gasteiger partial charge in [-0.2, -0.15) is 0 Å². The monoisotopic (exact) mass is 358 g/mol. The Bertz CT molecular complexity index is 602. The number of fused-ring (bicyclic) bond motifs is 1. The Hall–Kier alpha value is -1.55. The predicted molar refractivity (Wildman–Crippen MR) is 106 cm³/mol. The van der Waals surface area contributed by atoms with Gasteiger partial charge in [-0.05, 0) is 88.1 Å². The van der Waals surface area contributed by atoms with Crippen molar-refractivity contribution in [3.05, 3.63) is 29.3 Å². The maximum Gasteiger partial charge on any atom is 0.260 e. The van der Waals surface area contributed by atoms with Gasteiger partial charge in [-0.3, -0.25) is 4.79 Å². The molecule has 1 N–H and O–H groups in total. The molecule has 4 heteroatoms. The highest BCUT2D eigenvalue weighted by Crippen LogP contribution is 2.30. The molecule has 1 amide bonds. The van der Waals surface area contributed by atoms with Gasteiger partial charge in [0.1, 0.15) is 5.75 Å². The largest absolute Gasteiger partial charge is 0.481 e. The summed E-state index contributed by atoms with van der Waals surface area (Å²) in [4.78, 5) is 14.9. The highest BCUT2D eigenvalue weighted by atomic mass is 16.5. The van der Waals surface area contributed by atoms with Gasteiger partial charge in [0.25, 0.3) is 5.91 Å². The molecule has 1 heterocycles. The number of rotatable bonds is 7. The topological polar surface area (TPSA) is 41.6 Å². The van der Waals surface area contributed by atoms with Crippen LogP contribution in [0, 0.1) is 5.92 Å². The highest BCUT2D eigenvalue weighted by molar-refractivity contribution is 5.80. The summed E-state index contributed by atoms with van der Waals surface area (Å²) in [5.41, 5.74) is 2.69. The molecule has 0 radical (unpaired) electrons. The van der Waals surface area contributed by atoms with Crippen molar-refractivity contribution in [2.75, 3.05) is 26.2 Å². The van der Waals surface area contributed by atoms with Crippen molar-refractivity contribution in [1.82, 2.24) is 10.2 Å². The minimum Gasteiger partial charge on any atom is -0.481 e. The number of benzene rings is 1. The van der Waals surface area contributed by atoms with Crippen LogP contribution in [0.4, 0.5) is 0 Å². The number of piperidine rings is 1. The van der Waals surface area contributed by atoms with E-state index in [1.807, 2.05) is 19.1 Å². The third kappa shape index (κ3) is 5.23. The van der Waals surface area contributed by atoms with Crippen molar-refractivity contribution in [2.45, 2.75) is 64.9 Å². The molecule has 1 saturated heterocycles. The molecule has 0 bridgehead atoms. The predicted octanol–water partition coefficient (Wildman–Crippen LogP) is 3.57. The molecule has 0 spiro atoms. The highest BCUT2D eigenvalue weighted by Gasteiger charge is 2.19. The Morgan fingerprint density at radius 2 is 2.15 bits per heavy atom. The first-order valence-electron chi connectivity index (χ1n) is 10.4. The van der Waals surface area contributed by atoms with Gasteiger partial charge in [-0.1, -0.05) is 19.1 Å². The molecule has 26 heavy (non-hydrogen) atoms. The van der Waals surface area contributed by atoms with Gasteiger partial charge in [0.2, 0.25) is 0 Å². The number of ether oxygens (including phenoxy) is 1. The summed E-state index contributed by atoms with van der Waals surface area (Å²) in [6.07, 6.45) is 7.87. The quantitative estimate of drug-likeness (QED) is 0.758.